The molecule has 3 aliphatic heterocycles. The summed E-state index contributed by atoms with van der Waals surface area (Å²) >= 11 is 0. The molecule has 0 atom stereocenters. The first-order valence-electron chi connectivity index (χ1n) is 7.38. The highest BCUT2D eigenvalue weighted by atomic mass is 16.5. The SMILES string of the molecule is CC1=CCc2c(c3c(c4c2OC(C)=CC4)OC(C)=CC3)O1. The van der Waals surface area contributed by atoms with Gasteiger partial charge in [0.15, 0.2) is 0 Å². The van der Waals surface area contributed by atoms with Crippen molar-refractivity contribution in [2.24, 2.45) is 0 Å². The zero-order chi connectivity index (χ0) is 14.6. The Hall–Kier alpha value is -2.16. The van der Waals surface area contributed by atoms with E-state index in [0.29, 0.717) is 0 Å². The van der Waals surface area contributed by atoms with Crippen LogP contribution in [0.3, 0.4) is 0 Å². The maximum Gasteiger partial charge on any atom is 0.141 e. The van der Waals surface area contributed by atoms with Crippen molar-refractivity contribution in [3.8, 4) is 17.2 Å². The maximum atomic E-state index is 6.02. The van der Waals surface area contributed by atoms with Crippen LogP contribution in [0.2, 0.25) is 0 Å². The molecule has 0 radical (unpaired) electrons. The van der Waals surface area contributed by atoms with Crippen molar-refractivity contribution in [1.82, 2.24) is 0 Å². The van der Waals surface area contributed by atoms with Crippen LogP contribution in [0.4, 0.5) is 0 Å². The fourth-order valence-electron chi connectivity index (χ4n) is 3.13. The summed E-state index contributed by atoms with van der Waals surface area (Å²) in [5.74, 6) is 5.63. The van der Waals surface area contributed by atoms with Crippen molar-refractivity contribution in [2.45, 2.75) is 40.0 Å². The summed E-state index contributed by atoms with van der Waals surface area (Å²) in [7, 11) is 0. The lowest BCUT2D eigenvalue weighted by Crippen LogP contribution is -2.16. The van der Waals surface area contributed by atoms with Crippen LogP contribution in [-0.2, 0) is 19.3 Å². The van der Waals surface area contributed by atoms with E-state index >= 15 is 0 Å². The molecular weight excluding hydrogens is 264 g/mol. The number of rotatable bonds is 0. The van der Waals surface area contributed by atoms with Crippen LogP contribution in [0.1, 0.15) is 37.5 Å². The predicted molar refractivity (Wildman–Crippen MR) is 80.7 cm³/mol. The molecule has 1 aromatic carbocycles. The van der Waals surface area contributed by atoms with E-state index in [9.17, 15) is 0 Å². The van der Waals surface area contributed by atoms with E-state index in [0.717, 1.165) is 70.5 Å². The maximum absolute atomic E-state index is 6.02. The second-order valence-corrected chi connectivity index (χ2v) is 5.79. The van der Waals surface area contributed by atoms with Crippen molar-refractivity contribution < 1.29 is 14.2 Å². The zero-order valence-electron chi connectivity index (χ0n) is 12.6. The van der Waals surface area contributed by atoms with E-state index in [2.05, 4.69) is 18.2 Å². The average Bonchev–Trinajstić information content (AvgIpc) is 2.46. The first-order chi connectivity index (χ1) is 10.1. The average molecular weight is 282 g/mol. The number of allylic oxidation sites excluding steroid dienone is 6. The summed E-state index contributed by atoms with van der Waals surface area (Å²) in [5.41, 5.74) is 3.45. The monoisotopic (exact) mass is 282 g/mol. The summed E-state index contributed by atoms with van der Waals surface area (Å²) in [5, 5.41) is 0. The molecule has 0 bridgehead atoms. The number of hydrogen-bond acceptors (Lipinski definition) is 3. The van der Waals surface area contributed by atoms with E-state index in [1.165, 1.54) is 0 Å². The normalized spacial score (nSPS) is 18.7. The highest BCUT2D eigenvalue weighted by Crippen LogP contribution is 2.50. The minimum Gasteiger partial charge on any atom is -0.461 e. The minimum absolute atomic E-state index is 0.854. The van der Waals surface area contributed by atoms with E-state index in [1.54, 1.807) is 0 Å². The summed E-state index contributed by atoms with van der Waals surface area (Å²) in [6.07, 6.45) is 8.89. The smallest absolute Gasteiger partial charge is 0.141 e. The quantitative estimate of drug-likeness (QED) is 0.713. The molecule has 3 nitrogen and oxygen atoms in total. The van der Waals surface area contributed by atoms with Gasteiger partial charge in [0.25, 0.3) is 0 Å². The molecule has 3 heteroatoms. The van der Waals surface area contributed by atoms with Crippen LogP contribution in [0.15, 0.2) is 35.5 Å². The van der Waals surface area contributed by atoms with Gasteiger partial charge in [-0.05, 0) is 39.0 Å². The van der Waals surface area contributed by atoms with Gasteiger partial charge in [0.05, 0.1) is 17.3 Å². The zero-order valence-corrected chi connectivity index (χ0v) is 12.6. The molecule has 3 aliphatic rings. The fourth-order valence-corrected chi connectivity index (χ4v) is 3.13. The number of hydrogen-bond donors (Lipinski definition) is 0. The van der Waals surface area contributed by atoms with Crippen LogP contribution >= 0.6 is 0 Å². The Morgan fingerprint density at radius 1 is 0.571 bits per heavy atom. The Morgan fingerprint density at radius 2 is 0.857 bits per heavy atom. The van der Waals surface area contributed by atoms with Gasteiger partial charge >= 0.3 is 0 Å². The van der Waals surface area contributed by atoms with Gasteiger partial charge in [-0.1, -0.05) is 0 Å². The van der Waals surface area contributed by atoms with Gasteiger partial charge < -0.3 is 14.2 Å². The Balaban J connectivity index is 1.97. The molecule has 0 fully saturated rings. The van der Waals surface area contributed by atoms with Crippen LogP contribution in [0, 0.1) is 0 Å². The highest BCUT2D eigenvalue weighted by molar-refractivity contribution is 5.67. The summed E-state index contributed by atoms with van der Waals surface area (Å²) in [6.45, 7) is 5.97. The van der Waals surface area contributed by atoms with Crippen molar-refractivity contribution in [3.05, 3.63) is 52.2 Å². The molecule has 4 rings (SSSR count). The third kappa shape index (κ3) is 1.88. The standard InChI is InChI=1S/C18H18O3/c1-10-4-7-13-16(19-10)14-8-5-11(2)21-18(14)15-9-6-12(3)20-17(13)15/h4-6H,7-9H2,1-3H3. The second-order valence-electron chi connectivity index (χ2n) is 5.79. The molecule has 108 valence electrons. The molecule has 0 spiro atoms. The van der Waals surface area contributed by atoms with Crippen molar-refractivity contribution in [2.75, 3.05) is 0 Å². The molecule has 0 unspecified atom stereocenters. The molecule has 3 heterocycles. The van der Waals surface area contributed by atoms with Crippen molar-refractivity contribution in [1.29, 1.82) is 0 Å². The predicted octanol–water partition coefficient (Wildman–Crippen LogP) is 4.20. The Labute approximate surface area is 124 Å². The van der Waals surface area contributed by atoms with Gasteiger partial charge in [-0.3, -0.25) is 0 Å². The summed E-state index contributed by atoms with van der Waals surface area (Å²) in [4.78, 5) is 0. The number of fused-ring (bicyclic) bond motifs is 6. The van der Waals surface area contributed by atoms with Crippen LogP contribution in [0.5, 0.6) is 17.2 Å². The molecule has 1 aromatic rings. The molecule has 0 amide bonds. The summed E-state index contributed by atoms with van der Waals surface area (Å²) < 4.78 is 18.1. The van der Waals surface area contributed by atoms with Crippen LogP contribution < -0.4 is 14.2 Å². The lowest BCUT2D eigenvalue weighted by Gasteiger charge is -2.30. The van der Waals surface area contributed by atoms with Crippen LogP contribution in [-0.4, -0.2) is 0 Å². The van der Waals surface area contributed by atoms with Gasteiger partial charge in [0.1, 0.15) is 17.2 Å². The lowest BCUT2D eigenvalue weighted by molar-refractivity contribution is 0.354. The molecule has 21 heavy (non-hydrogen) atoms. The van der Waals surface area contributed by atoms with Crippen LogP contribution in [0.25, 0.3) is 0 Å². The molecule has 0 aromatic heterocycles. The molecular formula is C18H18O3. The Bertz CT molecular complexity index is 614. The lowest BCUT2D eigenvalue weighted by atomic mass is 9.91. The van der Waals surface area contributed by atoms with Gasteiger partial charge in [0, 0.05) is 36.0 Å². The molecule has 0 N–H and O–H groups in total. The molecule has 0 aliphatic carbocycles. The molecule has 0 saturated carbocycles. The van der Waals surface area contributed by atoms with E-state index < -0.39 is 0 Å². The first kappa shape index (κ1) is 12.6. The fraction of sp³-hybridized carbons (Fsp3) is 0.333. The highest BCUT2D eigenvalue weighted by Gasteiger charge is 2.31. The summed E-state index contributed by atoms with van der Waals surface area (Å²) in [6, 6.07) is 0. The van der Waals surface area contributed by atoms with Crippen molar-refractivity contribution >= 4 is 0 Å². The van der Waals surface area contributed by atoms with Gasteiger partial charge in [0.2, 0.25) is 0 Å². The number of benzene rings is 1. The largest absolute Gasteiger partial charge is 0.461 e. The van der Waals surface area contributed by atoms with E-state index in [-0.39, 0.29) is 0 Å². The van der Waals surface area contributed by atoms with Gasteiger partial charge in [-0.15, -0.1) is 0 Å². The first-order valence-corrected chi connectivity index (χ1v) is 7.38. The topological polar surface area (TPSA) is 27.7 Å². The second kappa shape index (κ2) is 4.42. The van der Waals surface area contributed by atoms with E-state index in [4.69, 9.17) is 14.2 Å². The number of ether oxygens (including phenoxy) is 3. The van der Waals surface area contributed by atoms with Crippen molar-refractivity contribution in [3.63, 3.8) is 0 Å². The minimum atomic E-state index is 0.854. The van der Waals surface area contributed by atoms with Gasteiger partial charge in [-0.25, -0.2) is 0 Å². The van der Waals surface area contributed by atoms with Gasteiger partial charge in [-0.2, -0.15) is 0 Å². The molecule has 0 saturated heterocycles. The third-order valence-electron chi connectivity index (χ3n) is 4.21. The Morgan fingerprint density at radius 3 is 1.14 bits per heavy atom. The third-order valence-corrected chi connectivity index (χ3v) is 4.21. The Kier molecular flexibility index (Phi) is 2.64. The van der Waals surface area contributed by atoms with E-state index in [1.807, 2.05) is 20.8 Å².